The molecular formula is C14H21N5O. The largest absolute Gasteiger partial charge is 0.312 e. The van der Waals surface area contributed by atoms with E-state index in [0.717, 1.165) is 6.54 Å². The van der Waals surface area contributed by atoms with Crippen LogP contribution in [-0.4, -0.2) is 31.9 Å². The van der Waals surface area contributed by atoms with Crippen LogP contribution >= 0.6 is 0 Å². The molecule has 0 spiro atoms. The van der Waals surface area contributed by atoms with E-state index in [4.69, 9.17) is 0 Å². The highest BCUT2D eigenvalue weighted by Gasteiger charge is 2.12. The van der Waals surface area contributed by atoms with Crippen LogP contribution in [0.1, 0.15) is 32.1 Å². The van der Waals surface area contributed by atoms with Gasteiger partial charge >= 0.3 is 0 Å². The first-order chi connectivity index (χ1) is 9.75. The van der Waals surface area contributed by atoms with Gasteiger partial charge in [-0.1, -0.05) is 19.3 Å². The van der Waals surface area contributed by atoms with E-state index in [1.165, 1.54) is 32.1 Å². The van der Waals surface area contributed by atoms with Crippen molar-refractivity contribution in [1.29, 1.82) is 0 Å². The van der Waals surface area contributed by atoms with Gasteiger partial charge in [-0.15, -0.1) is 0 Å². The lowest BCUT2D eigenvalue weighted by atomic mass is 9.95. The SMILES string of the molecule is Cn1ncc2c(=O)n(CCNC3CCCCC3)cnc21. The van der Waals surface area contributed by atoms with Crippen molar-refractivity contribution in [2.45, 2.75) is 44.7 Å². The van der Waals surface area contributed by atoms with Gasteiger partial charge in [0.15, 0.2) is 5.65 Å². The Hall–Kier alpha value is -1.69. The van der Waals surface area contributed by atoms with Gasteiger partial charge in [-0.05, 0) is 12.8 Å². The molecule has 1 saturated carbocycles. The van der Waals surface area contributed by atoms with Crippen molar-refractivity contribution in [3.63, 3.8) is 0 Å². The molecule has 6 nitrogen and oxygen atoms in total. The van der Waals surface area contributed by atoms with Crippen LogP contribution in [0.3, 0.4) is 0 Å². The van der Waals surface area contributed by atoms with Crippen molar-refractivity contribution in [3.05, 3.63) is 22.9 Å². The summed E-state index contributed by atoms with van der Waals surface area (Å²) in [5.74, 6) is 0. The van der Waals surface area contributed by atoms with Crippen molar-refractivity contribution < 1.29 is 0 Å². The molecule has 1 aliphatic carbocycles. The smallest absolute Gasteiger partial charge is 0.264 e. The van der Waals surface area contributed by atoms with Gasteiger partial charge in [-0.2, -0.15) is 5.10 Å². The standard InChI is InChI=1S/C14H21N5O/c1-18-13-12(9-17-18)14(20)19(10-16-13)8-7-15-11-5-3-2-4-6-11/h9-11,15H,2-8H2,1H3. The average molecular weight is 275 g/mol. The fourth-order valence-corrected chi connectivity index (χ4v) is 2.92. The fourth-order valence-electron chi connectivity index (χ4n) is 2.92. The minimum atomic E-state index is -0.00598. The Morgan fingerprint density at radius 3 is 2.95 bits per heavy atom. The van der Waals surface area contributed by atoms with Gasteiger partial charge in [0.2, 0.25) is 0 Å². The second kappa shape index (κ2) is 5.75. The van der Waals surface area contributed by atoms with Crippen LogP contribution < -0.4 is 10.9 Å². The summed E-state index contributed by atoms with van der Waals surface area (Å²) in [4.78, 5) is 16.6. The predicted molar refractivity (Wildman–Crippen MR) is 77.6 cm³/mol. The first-order valence-corrected chi connectivity index (χ1v) is 7.36. The Kier molecular flexibility index (Phi) is 3.82. The number of aromatic nitrogens is 4. The highest BCUT2D eigenvalue weighted by Crippen LogP contribution is 2.17. The predicted octanol–water partition coefficient (Wildman–Crippen LogP) is 1.05. The molecule has 1 aliphatic rings. The maximum Gasteiger partial charge on any atom is 0.264 e. The Balaban J connectivity index is 1.65. The summed E-state index contributed by atoms with van der Waals surface area (Å²) in [7, 11) is 1.80. The third-order valence-corrected chi connectivity index (χ3v) is 4.11. The summed E-state index contributed by atoms with van der Waals surface area (Å²) in [6.07, 6.45) is 9.73. The van der Waals surface area contributed by atoms with Gasteiger partial charge in [0.05, 0.1) is 6.20 Å². The van der Waals surface area contributed by atoms with Gasteiger partial charge < -0.3 is 5.32 Å². The molecule has 0 aliphatic heterocycles. The molecule has 1 N–H and O–H groups in total. The molecule has 0 radical (unpaired) electrons. The highest BCUT2D eigenvalue weighted by molar-refractivity contribution is 5.72. The maximum absolute atomic E-state index is 12.3. The molecule has 20 heavy (non-hydrogen) atoms. The third kappa shape index (κ3) is 2.60. The fraction of sp³-hybridized carbons (Fsp3) is 0.643. The quantitative estimate of drug-likeness (QED) is 0.906. The van der Waals surface area contributed by atoms with E-state index >= 15 is 0 Å². The maximum atomic E-state index is 12.3. The van der Waals surface area contributed by atoms with Crippen LogP contribution in [0.25, 0.3) is 11.0 Å². The minimum absolute atomic E-state index is 0.00598. The van der Waals surface area contributed by atoms with Crippen molar-refractivity contribution >= 4 is 11.0 Å². The summed E-state index contributed by atoms with van der Waals surface area (Å²) >= 11 is 0. The number of rotatable bonds is 4. The third-order valence-electron chi connectivity index (χ3n) is 4.11. The minimum Gasteiger partial charge on any atom is -0.312 e. The first-order valence-electron chi connectivity index (χ1n) is 7.36. The summed E-state index contributed by atoms with van der Waals surface area (Å²) in [6, 6.07) is 0.620. The monoisotopic (exact) mass is 275 g/mol. The normalized spacial score (nSPS) is 16.9. The van der Waals surface area contributed by atoms with E-state index in [-0.39, 0.29) is 5.56 Å². The molecule has 0 aromatic carbocycles. The molecule has 3 rings (SSSR count). The zero-order valence-electron chi connectivity index (χ0n) is 11.9. The number of aryl methyl sites for hydroxylation is 1. The Morgan fingerprint density at radius 1 is 1.35 bits per heavy atom. The summed E-state index contributed by atoms with van der Waals surface area (Å²) < 4.78 is 3.29. The van der Waals surface area contributed by atoms with E-state index in [0.29, 0.717) is 23.6 Å². The molecule has 0 atom stereocenters. The lowest BCUT2D eigenvalue weighted by Gasteiger charge is -2.22. The first kappa shape index (κ1) is 13.3. The number of nitrogens with one attached hydrogen (secondary N) is 1. The molecule has 0 amide bonds. The van der Waals surface area contributed by atoms with Crippen LogP contribution in [0.2, 0.25) is 0 Å². The Bertz CT molecular complexity index is 639. The van der Waals surface area contributed by atoms with Gasteiger partial charge in [-0.3, -0.25) is 14.0 Å². The van der Waals surface area contributed by atoms with Crippen LogP contribution in [0, 0.1) is 0 Å². The molecule has 2 heterocycles. The van der Waals surface area contributed by atoms with E-state index < -0.39 is 0 Å². The van der Waals surface area contributed by atoms with Gasteiger partial charge in [0, 0.05) is 26.2 Å². The Morgan fingerprint density at radius 2 is 2.15 bits per heavy atom. The average Bonchev–Trinajstić information content (AvgIpc) is 2.85. The van der Waals surface area contributed by atoms with Crippen LogP contribution in [-0.2, 0) is 13.6 Å². The van der Waals surface area contributed by atoms with Crippen LogP contribution in [0.15, 0.2) is 17.3 Å². The zero-order valence-corrected chi connectivity index (χ0v) is 11.9. The number of nitrogens with zero attached hydrogens (tertiary/aromatic N) is 4. The second-order valence-electron chi connectivity index (χ2n) is 5.54. The van der Waals surface area contributed by atoms with Crippen molar-refractivity contribution in [2.75, 3.05) is 6.54 Å². The summed E-state index contributed by atoms with van der Waals surface area (Å²) in [5.41, 5.74) is 0.639. The van der Waals surface area contributed by atoms with E-state index in [9.17, 15) is 4.79 Å². The molecule has 1 fully saturated rings. The molecule has 2 aromatic heterocycles. The number of hydrogen-bond donors (Lipinski definition) is 1. The number of hydrogen-bond acceptors (Lipinski definition) is 4. The van der Waals surface area contributed by atoms with Crippen molar-refractivity contribution in [1.82, 2.24) is 24.6 Å². The molecule has 0 saturated heterocycles. The van der Waals surface area contributed by atoms with Gasteiger partial charge in [0.25, 0.3) is 5.56 Å². The van der Waals surface area contributed by atoms with Gasteiger partial charge in [-0.25, -0.2) is 4.98 Å². The van der Waals surface area contributed by atoms with E-state index in [1.807, 2.05) is 0 Å². The van der Waals surface area contributed by atoms with Crippen LogP contribution in [0.4, 0.5) is 0 Å². The zero-order chi connectivity index (χ0) is 13.9. The lowest BCUT2D eigenvalue weighted by Crippen LogP contribution is -2.35. The molecule has 108 valence electrons. The molecule has 0 bridgehead atoms. The topological polar surface area (TPSA) is 64.7 Å². The van der Waals surface area contributed by atoms with E-state index in [2.05, 4.69) is 15.4 Å². The number of fused-ring (bicyclic) bond motifs is 1. The lowest BCUT2D eigenvalue weighted by molar-refractivity contribution is 0.367. The second-order valence-corrected chi connectivity index (χ2v) is 5.54. The van der Waals surface area contributed by atoms with Crippen molar-refractivity contribution in [3.8, 4) is 0 Å². The highest BCUT2D eigenvalue weighted by atomic mass is 16.1. The van der Waals surface area contributed by atoms with Gasteiger partial charge in [0.1, 0.15) is 11.7 Å². The van der Waals surface area contributed by atoms with Crippen molar-refractivity contribution in [2.24, 2.45) is 7.05 Å². The molecular weight excluding hydrogens is 254 g/mol. The summed E-state index contributed by atoms with van der Waals surface area (Å²) in [6.45, 7) is 1.48. The summed E-state index contributed by atoms with van der Waals surface area (Å²) in [5, 5.41) is 8.21. The van der Waals surface area contributed by atoms with E-state index in [1.54, 1.807) is 28.8 Å². The molecule has 2 aromatic rings. The van der Waals surface area contributed by atoms with Crippen LogP contribution in [0.5, 0.6) is 0 Å². The Labute approximate surface area is 117 Å². The molecule has 0 unspecified atom stereocenters. The molecule has 6 heteroatoms.